The summed E-state index contributed by atoms with van der Waals surface area (Å²) >= 11 is 6.03. The topological polar surface area (TPSA) is 102 Å². The molecule has 0 radical (unpaired) electrons. The molecule has 0 saturated heterocycles. The lowest BCUT2D eigenvalue weighted by Gasteiger charge is -2.18. The van der Waals surface area contributed by atoms with Crippen molar-refractivity contribution in [2.24, 2.45) is 0 Å². The third kappa shape index (κ3) is 5.16. The quantitative estimate of drug-likeness (QED) is 0.197. The van der Waals surface area contributed by atoms with E-state index in [-0.39, 0.29) is 11.1 Å². The third-order valence-electron chi connectivity index (χ3n) is 10.0. The smallest absolute Gasteiger partial charge is 0.274 e. The standard InChI is InChI=1S/C44H26O6S4/c1-19-7-5-8-20(2)31(19)33-27-17-25(15-23-11-13-29(51-23)35-37(45)41(49)38(35)46)54-44(27)34(32-21(3)9-6-10-22(32)4)28-18-26(53-43(28)33)16-24-12-14-30(52-24)36-39(47)42(50)40(36)48/h5-18H,1-4H3/b23-15-,24-16-. The summed E-state index contributed by atoms with van der Waals surface area (Å²) in [5.74, 6) is -4.79. The summed E-state index contributed by atoms with van der Waals surface area (Å²) in [7, 11) is 0. The van der Waals surface area contributed by atoms with Crippen LogP contribution in [0, 0.1) is 27.7 Å². The van der Waals surface area contributed by atoms with E-state index in [0.717, 1.165) is 72.4 Å². The predicted molar refractivity (Wildman–Crippen MR) is 218 cm³/mol. The van der Waals surface area contributed by atoms with Gasteiger partial charge in [-0.2, -0.15) is 0 Å². The highest BCUT2D eigenvalue weighted by atomic mass is 32.1. The highest BCUT2D eigenvalue weighted by Gasteiger charge is 2.44. The van der Waals surface area contributed by atoms with Crippen LogP contribution in [-0.2, 0) is 28.8 Å². The summed E-state index contributed by atoms with van der Waals surface area (Å²) in [5, 5.41) is 2.23. The van der Waals surface area contributed by atoms with Gasteiger partial charge < -0.3 is 0 Å². The molecule has 6 nitrogen and oxygen atoms in total. The minimum Gasteiger partial charge on any atom is -0.285 e. The van der Waals surface area contributed by atoms with Gasteiger partial charge in [0.1, 0.15) is 0 Å². The minimum atomic E-state index is -0.953. The van der Waals surface area contributed by atoms with Crippen LogP contribution < -0.4 is 18.1 Å². The van der Waals surface area contributed by atoms with Crippen LogP contribution in [0.5, 0.6) is 0 Å². The normalized spacial score (nSPS) is 15.4. The summed E-state index contributed by atoms with van der Waals surface area (Å²) in [6.07, 6.45) is 4.14. The maximum Gasteiger partial charge on any atom is 0.274 e. The third-order valence-corrected chi connectivity index (χ3v) is 14.3. The first-order valence-corrected chi connectivity index (χ1v) is 20.2. The molecular formula is C44H26O6S4. The van der Waals surface area contributed by atoms with Crippen LogP contribution in [0.15, 0.2) is 72.8 Å². The molecule has 3 aromatic carbocycles. The van der Waals surface area contributed by atoms with E-state index in [9.17, 15) is 28.8 Å². The van der Waals surface area contributed by atoms with E-state index in [2.05, 4.69) is 88.4 Å². The molecule has 0 N–H and O–H groups in total. The Morgan fingerprint density at radius 3 is 1.11 bits per heavy atom. The Morgan fingerprint density at radius 1 is 0.407 bits per heavy atom. The number of rotatable bonds is 4. The molecule has 0 amide bonds. The number of hydrogen-bond acceptors (Lipinski definition) is 10. The predicted octanol–water partition coefficient (Wildman–Crippen LogP) is 6.21. The number of Topliss-reactive ketones (excluding diaryl/α,β-unsaturated/α-hetero) is 6. The zero-order valence-electron chi connectivity index (χ0n) is 29.2. The SMILES string of the molecule is Cc1cccc(C)c1-c1c2cc(/C=c3/ccc(=C4C(=O)C(=O)C4=O)s3)sc2c(-c2c(C)cccc2C)c2cc(/C=c3/ccc(=C4C(=O)C(=O)C4=O)s3)sc12. The van der Waals surface area contributed by atoms with Crippen molar-refractivity contribution in [3.8, 4) is 22.3 Å². The lowest BCUT2D eigenvalue weighted by molar-refractivity contribution is -0.144. The first-order chi connectivity index (χ1) is 25.9. The van der Waals surface area contributed by atoms with Gasteiger partial charge in [-0.1, -0.05) is 36.4 Å². The zero-order valence-corrected chi connectivity index (χ0v) is 32.4. The van der Waals surface area contributed by atoms with Gasteiger partial charge in [0.15, 0.2) is 0 Å². The summed E-state index contributed by atoms with van der Waals surface area (Å²) in [4.78, 5) is 73.9. The van der Waals surface area contributed by atoms with Crippen LogP contribution in [0.1, 0.15) is 32.0 Å². The van der Waals surface area contributed by atoms with Gasteiger partial charge in [-0.15, -0.1) is 45.3 Å². The van der Waals surface area contributed by atoms with Gasteiger partial charge in [-0.05, 0) is 110 Å². The Morgan fingerprint density at radius 2 is 0.759 bits per heavy atom. The summed E-state index contributed by atoms with van der Waals surface area (Å²) < 4.78 is 5.02. The van der Waals surface area contributed by atoms with Crippen molar-refractivity contribution < 1.29 is 28.8 Å². The Labute approximate surface area is 323 Å². The fourth-order valence-corrected chi connectivity index (χ4v) is 12.0. The molecule has 54 heavy (non-hydrogen) atoms. The van der Waals surface area contributed by atoms with E-state index in [4.69, 9.17) is 0 Å². The van der Waals surface area contributed by atoms with Crippen molar-refractivity contribution in [3.05, 3.63) is 123 Å². The summed E-state index contributed by atoms with van der Waals surface area (Å²) in [6, 6.07) is 24.4. The average Bonchev–Trinajstić information content (AvgIpc) is 3.96. The van der Waals surface area contributed by atoms with Gasteiger partial charge in [0.05, 0.1) is 11.1 Å². The summed E-state index contributed by atoms with van der Waals surface area (Å²) in [5.41, 5.74) is 9.19. The van der Waals surface area contributed by atoms with Crippen molar-refractivity contribution in [1.29, 1.82) is 0 Å². The Hall–Kier alpha value is -5.52. The maximum absolute atomic E-state index is 12.2. The lowest BCUT2D eigenvalue weighted by Crippen LogP contribution is -2.43. The molecule has 7 aromatic rings. The fourth-order valence-electron chi connectivity index (χ4n) is 7.46. The monoisotopic (exact) mass is 778 g/mol. The van der Waals surface area contributed by atoms with E-state index in [1.807, 2.05) is 12.1 Å². The first kappa shape index (κ1) is 34.3. The zero-order chi connectivity index (χ0) is 37.7. The van der Waals surface area contributed by atoms with E-state index in [1.54, 1.807) is 34.8 Å². The Kier molecular flexibility index (Phi) is 7.95. The number of benzene rings is 3. The van der Waals surface area contributed by atoms with Gasteiger partial charge in [-0.25, -0.2) is 0 Å². The molecule has 0 atom stereocenters. The number of carbonyl (C=O) groups is 6. The van der Waals surface area contributed by atoms with Crippen LogP contribution in [0.3, 0.4) is 0 Å². The van der Waals surface area contributed by atoms with Crippen LogP contribution >= 0.6 is 45.3 Å². The van der Waals surface area contributed by atoms with Crippen LogP contribution in [-0.4, -0.2) is 34.7 Å². The van der Waals surface area contributed by atoms with Crippen LogP contribution in [0.4, 0.5) is 0 Å². The molecule has 9 rings (SSSR count). The first-order valence-electron chi connectivity index (χ1n) is 17.0. The molecule has 0 aliphatic heterocycles. The van der Waals surface area contributed by atoms with Gasteiger partial charge >= 0.3 is 0 Å². The van der Waals surface area contributed by atoms with Crippen LogP contribution in [0.2, 0.25) is 0 Å². The molecule has 0 bridgehead atoms. The number of thiophene rings is 4. The summed E-state index contributed by atoms with van der Waals surface area (Å²) in [6.45, 7) is 8.54. The Bertz CT molecular complexity index is 2870. The number of ketones is 6. The molecule has 2 fully saturated rings. The second kappa shape index (κ2) is 12.5. The molecule has 4 heterocycles. The van der Waals surface area contributed by atoms with Crippen molar-refractivity contribution in [2.75, 3.05) is 0 Å². The molecule has 0 spiro atoms. The van der Waals surface area contributed by atoms with Crippen molar-refractivity contribution in [3.63, 3.8) is 0 Å². The van der Waals surface area contributed by atoms with E-state index in [0.29, 0.717) is 9.06 Å². The second-order valence-corrected chi connectivity index (χ2v) is 17.9. The largest absolute Gasteiger partial charge is 0.285 e. The molecule has 4 aromatic heterocycles. The number of fused-ring (bicyclic) bond motifs is 2. The van der Waals surface area contributed by atoms with Gasteiger partial charge in [0, 0.05) is 59.2 Å². The number of hydrogen-bond donors (Lipinski definition) is 0. The van der Waals surface area contributed by atoms with Crippen molar-refractivity contribution in [1.82, 2.24) is 0 Å². The van der Waals surface area contributed by atoms with Gasteiger partial charge in [0.2, 0.25) is 23.1 Å². The highest BCUT2D eigenvalue weighted by molar-refractivity contribution is 7.23. The van der Waals surface area contributed by atoms with Crippen molar-refractivity contribution in [2.45, 2.75) is 27.7 Å². The number of aryl methyl sites for hydroxylation is 4. The lowest BCUT2D eigenvalue weighted by atomic mass is 9.87. The highest BCUT2D eigenvalue weighted by Crippen LogP contribution is 2.51. The average molecular weight is 779 g/mol. The second-order valence-electron chi connectivity index (χ2n) is 13.5. The number of carbonyl (C=O) groups excluding carboxylic acids is 6. The molecule has 2 aliphatic rings. The molecule has 10 heteroatoms. The van der Waals surface area contributed by atoms with E-state index in [1.165, 1.54) is 33.8 Å². The van der Waals surface area contributed by atoms with E-state index >= 15 is 0 Å². The Balaban J connectivity index is 1.34. The van der Waals surface area contributed by atoms with E-state index < -0.39 is 34.7 Å². The van der Waals surface area contributed by atoms with Gasteiger partial charge in [-0.3, -0.25) is 28.8 Å². The fraction of sp³-hybridized carbons (Fsp3) is 0.0909. The molecular weight excluding hydrogens is 753 g/mol. The molecule has 0 unspecified atom stereocenters. The van der Waals surface area contributed by atoms with Crippen LogP contribution in [0.25, 0.3) is 65.7 Å². The molecule has 2 saturated carbocycles. The molecule has 2 aliphatic carbocycles. The molecule has 262 valence electrons. The minimum absolute atomic E-state index is 0.0268. The van der Waals surface area contributed by atoms with Gasteiger partial charge in [0.25, 0.3) is 11.6 Å². The maximum atomic E-state index is 12.2. The van der Waals surface area contributed by atoms with Crippen molar-refractivity contribution >= 4 is 124 Å².